The first-order valence-electron chi connectivity index (χ1n) is 17.0. The second-order valence-corrected chi connectivity index (χ2v) is 13.4. The maximum Gasteiger partial charge on any atom is 0.333 e. The van der Waals surface area contributed by atoms with Crippen molar-refractivity contribution in [3.63, 3.8) is 0 Å². The molecule has 0 spiro atoms. The van der Waals surface area contributed by atoms with Gasteiger partial charge in [0.05, 0.1) is 11.0 Å². The van der Waals surface area contributed by atoms with Crippen LogP contribution in [0.1, 0.15) is 5.56 Å². The summed E-state index contributed by atoms with van der Waals surface area (Å²) < 4.78 is 9.17. The van der Waals surface area contributed by atoms with E-state index in [9.17, 15) is 0 Å². The Morgan fingerprint density at radius 3 is 2.10 bits per heavy atom. The van der Waals surface area contributed by atoms with Crippen LogP contribution in [0.25, 0.3) is 72.0 Å². The lowest BCUT2D eigenvalue weighted by atomic mass is 9.43. The number of anilines is 2. The summed E-state index contributed by atoms with van der Waals surface area (Å²) in [6, 6.07) is 57.5. The van der Waals surface area contributed by atoms with Crippen LogP contribution in [0, 0.1) is 6.92 Å². The Labute approximate surface area is 284 Å². The summed E-state index contributed by atoms with van der Waals surface area (Å²) in [7, 11) is 0. The molecule has 3 nitrogen and oxygen atoms in total. The second-order valence-electron chi connectivity index (χ2n) is 13.4. The van der Waals surface area contributed by atoms with E-state index < -0.39 is 0 Å². The molecule has 7 aromatic carbocycles. The summed E-state index contributed by atoms with van der Waals surface area (Å²) in [4.78, 5) is 2.57. The normalized spacial score (nSPS) is 12.9. The van der Waals surface area contributed by atoms with E-state index in [1.54, 1.807) is 0 Å². The van der Waals surface area contributed by atoms with Crippen molar-refractivity contribution < 1.29 is 4.42 Å². The third-order valence-electron chi connectivity index (χ3n) is 10.6. The van der Waals surface area contributed by atoms with Gasteiger partial charge in [0.2, 0.25) is 0 Å². The van der Waals surface area contributed by atoms with E-state index in [0.717, 1.165) is 28.0 Å². The predicted molar refractivity (Wildman–Crippen MR) is 205 cm³/mol. The molecule has 2 aromatic heterocycles. The molecule has 0 atom stereocenters. The third-order valence-corrected chi connectivity index (χ3v) is 10.6. The zero-order chi connectivity index (χ0) is 32.2. The third kappa shape index (κ3) is 3.69. The molecule has 9 aromatic rings. The number of rotatable bonds is 3. The SMILES string of the molecule is Cc1ccc(N2B3c4cc5cc(-c6ccccc6)oc5cc4-n4c5ccccc5c5c(-c6ccccc6)cc(c3c54)-c3ccccc32)cc1. The standard InChI is InChI=1S/C45H29BN2O/c1-28-20-22-32(23-21-28)48-39-19-11-8-16-33(39)36-26-35(29-12-4-2-5-13-29)43-34-17-9-10-18-38(34)47-40-27-42-31(24-37(40)46(48)44(36)45(43)47)25-41(49-42)30-14-6-3-7-15-30/h2-27H,1H3. The van der Waals surface area contributed by atoms with Gasteiger partial charge in [-0.25, -0.2) is 0 Å². The Bertz CT molecular complexity index is 2780. The Morgan fingerprint density at radius 2 is 1.29 bits per heavy atom. The largest absolute Gasteiger partial charge is 0.456 e. The molecule has 0 bridgehead atoms. The maximum atomic E-state index is 6.65. The van der Waals surface area contributed by atoms with E-state index in [2.05, 4.69) is 168 Å². The van der Waals surface area contributed by atoms with Gasteiger partial charge in [0, 0.05) is 50.4 Å². The Morgan fingerprint density at radius 1 is 0.571 bits per heavy atom. The Kier molecular flexibility index (Phi) is 5.40. The predicted octanol–water partition coefficient (Wildman–Crippen LogP) is 10.4. The minimum Gasteiger partial charge on any atom is -0.456 e. The fraction of sp³-hybridized carbons (Fsp3) is 0.0222. The minimum atomic E-state index is -0.0498. The van der Waals surface area contributed by atoms with Gasteiger partial charge in [-0.3, -0.25) is 0 Å². The van der Waals surface area contributed by atoms with Crippen molar-refractivity contribution in [2.24, 2.45) is 0 Å². The highest BCUT2D eigenvalue weighted by Gasteiger charge is 2.44. The molecule has 228 valence electrons. The van der Waals surface area contributed by atoms with E-state index >= 15 is 0 Å². The number of fused-ring (bicyclic) bond motifs is 9. The second kappa shape index (κ2) is 9.88. The lowest BCUT2D eigenvalue weighted by Gasteiger charge is -2.42. The lowest BCUT2D eigenvalue weighted by molar-refractivity contribution is 0.631. The number of hydrogen-bond donors (Lipinski definition) is 0. The van der Waals surface area contributed by atoms with Crippen LogP contribution in [-0.2, 0) is 0 Å². The van der Waals surface area contributed by atoms with Crippen molar-refractivity contribution >= 4 is 61.9 Å². The highest BCUT2D eigenvalue weighted by molar-refractivity contribution is 6.94. The average molecular weight is 625 g/mol. The molecule has 4 heteroatoms. The number of nitrogens with zero attached hydrogens (tertiary/aromatic N) is 2. The molecule has 0 amide bonds. The summed E-state index contributed by atoms with van der Waals surface area (Å²) in [5.41, 5.74) is 16.9. The average Bonchev–Trinajstić information content (AvgIpc) is 3.74. The van der Waals surface area contributed by atoms with E-state index in [4.69, 9.17) is 4.42 Å². The molecule has 0 radical (unpaired) electrons. The van der Waals surface area contributed by atoms with Crippen molar-refractivity contribution in [3.8, 4) is 39.3 Å². The van der Waals surface area contributed by atoms with Crippen LogP contribution in [0.2, 0.25) is 0 Å². The van der Waals surface area contributed by atoms with Gasteiger partial charge < -0.3 is 13.8 Å². The smallest absolute Gasteiger partial charge is 0.333 e. The van der Waals surface area contributed by atoms with Crippen molar-refractivity contribution in [2.45, 2.75) is 6.92 Å². The fourth-order valence-electron chi connectivity index (χ4n) is 8.50. The van der Waals surface area contributed by atoms with Crippen molar-refractivity contribution in [2.75, 3.05) is 4.81 Å². The van der Waals surface area contributed by atoms with E-state index in [1.807, 2.05) is 6.07 Å². The van der Waals surface area contributed by atoms with Gasteiger partial charge in [-0.05, 0) is 70.9 Å². The van der Waals surface area contributed by atoms with Gasteiger partial charge in [-0.2, -0.15) is 0 Å². The maximum absolute atomic E-state index is 6.65. The fourth-order valence-corrected chi connectivity index (χ4v) is 8.50. The summed E-state index contributed by atoms with van der Waals surface area (Å²) in [6.07, 6.45) is 0. The molecule has 2 aliphatic rings. The molecule has 0 aliphatic carbocycles. The zero-order valence-electron chi connectivity index (χ0n) is 26.9. The van der Waals surface area contributed by atoms with Gasteiger partial charge in [0.15, 0.2) is 0 Å². The number of hydrogen-bond acceptors (Lipinski definition) is 2. The summed E-state index contributed by atoms with van der Waals surface area (Å²) in [5.74, 6) is 0.884. The van der Waals surface area contributed by atoms with Crippen molar-refractivity contribution in [1.29, 1.82) is 0 Å². The zero-order valence-corrected chi connectivity index (χ0v) is 26.9. The summed E-state index contributed by atoms with van der Waals surface area (Å²) in [5, 5.41) is 3.67. The van der Waals surface area contributed by atoms with E-state index in [0.29, 0.717) is 0 Å². The molecular formula is C45H29BN2O. The molecule has 0 saturated heterocycles. The number of aryl methyl sites for hydroxylation is 1. The van der Waals surface area contributed by atoms with Gasteiger partial charge in [-0.15, -0.1) is 0 Å². The first-order valence-corrected chi connectivity index (χ1v) is 17.0. The Balaban J connectivity index is 1.33. The Hall–Kier alpha value is -6.26. The monoisotopic (exact) mass is 624 g/mol. The van der Waals surface area contributed by atoms with Crippen LogP contribution in [0.4, 0.5) is 11.4 Å². The van der Waals surface area contributed by atoms with Crippen LogP contribution in [0.15, 0.2) is 162 Å². The number of furan rings is 1. The highest BCUT2D eigenvalue weighted by Crippen LogP contribution is 2.48. The lowest BCUT2D eigenvalue weighted by Crippen LogP contribution is -2.60. The molecule has 49 heavy (non-hydrogen) atoms. The van der Waals surface area contributed by atoms with E-state index in [-0.39, 0.29) is 6.85 Å². The van der Waals surface area contributed by atoms with Crippen molar-refractivity contribution in [3.05, 3.63) is 163 Å². The molecular weight excluding hydrogens is 595 g/mol. The first-order chi connectivity index (χ1) is 24.2. The molecule has 4 heterocycles. The van der Waals surface area contributed by atoms with Crippen LogP contribution in [0.5, 0.6) is 0 Å². The number of para-hydroxylation sites is 2. The van der Waals surface area contributed by atoms with Gasteiger partial charge in [0.25, 0.3) is 0 Å². The highest BCUT2D eigenvalue weighted by atomic mass is 16.3. The van der Waals surface area contributed by atoms with Gasteiger partial charge >= 0.3 is 6.85 Å². The van der Waals surface area contributed by atoms with Crippen LogP contribution < -0.4 is 15.7 Å². The molecule has 11 rings (SSSR count). The topological polar surface area (TPSA) is 21.3 Å². The van der Waals surface area contributed by atoms with Crippen LogP contribution in [-0.4, -0.2) is 11.4 Å². The van der Waals surface area contributed by atoms with Gasteiger partial charge in [-0.1, -0.05) is 121 Å². The first kappa shape index (κ1) is 26.8. The van der Waals surface area contributed by atoms with Crippen LogP contribution >= 0.6 is 0 Å². The molecule has 2 aliphatic heterocycles. The van der Waals surface area contributed by atoms with E-state index in [1.165, 1.54) is 71.9 Å². The summed E-state index contributed by atoms with van der Waals surface area (Å²) in [6.45, 7) is 2.11. The minimum absolute atomic E-state index is 0.0498. The molecule has 0 N–H and O–H groups in total. The number of aromatic nitrogens is 1. The quantitative estimate of drug-likeness (QED) is 0.183. The summed E-state index contributed by atoms with van der Waals surface area (Å²) >= 11 is 0. The van der Waals surface area contributed by atoms with Crippen LogP contribution in [0.3, 0.4) is 0 Å². The van der Waals surface area contributed by atoms with Gasteiger partial charge in [0.1, 0.15) is 11.3 Å². The number of benzene rings is 7. The van der Waals surface area contributed by atoms with Crippen molar-refractivity contribution in [1.82, 2.24) is 4.57 Å². The molecule has 0 saturated carbocycles. The molecule has 0 unspecified atom stereocenters. The molecule has 0 fully saturated rings.